The number of nitrogens with one attached hydrogen (secondary N) is 3. The Balaban J connectivity index is 1.71. The molecule has 0 fully saturated rings. The van der Waals surface area contributed by atoms with Crippen molar-refractivity contribution in [2.75, 3.05) is 5.32 Å². The number of halogens is 1. The van der Waals surface area contributed by atoms with Gasteiger partial charge in [0.15, 0.2) is 0 Å². The number of amides is 1. The van der Waals surface area contributed by atoms with E-state index in [1.807, 2.05) is 0 Å². The van der Waals surface area contributed by atoms with Crippen molar-refractivity contribution in [1.29, 1.82) is 0 Å². The number of carbonyl (C=O) groups is 1. The van der Waals surface area contributed by atoms with E-state index in [0.29, 0.717) is 12.1 Å². The quantitative estimate of drug-likeness (QED) is 0.683. The highest BCUT2D eigenvalue weighted by Crippen LogP contribution is 2.14. The second kappa shape index (κ2) is 6.49. The van der Waals surface area contributed by atoms with Gasteiger partial charge in [0.05, 0.1) is 10.8 Å². The highest BCUT2D eigenvalue weighted by Gasteiger charge is 2.07. The number of carbonyl (C=O) groups excluding carboxylic acids is 1. The third-order valence-corrected chi connectivity index (χ3v) is 3.64. The van der Waals surface area contributed by atoms with Crippen LogP contribution in [0.15, 0.2) is 52.1 Å². The lowest BCUT2D eigenvalue weighted by molar-refractivity contribution is -0.116. The van der Waals surface area contributed by atoms with E-state index in [-0.39, 0.29) is 28.9 Å². The third-order valence-electron chi connectivity index (χ3n) is 3.64. The molecular weight excluding hydrogens is 313 g/mol. The fourth-order valence-electron chi connectivity index (χ4n) is 2.39. The predicted octanol–water partition coefficient (Wildman–Crippen LogP) is 1.93. The summed E-state index contributed by atoms with van der Waals surface area (Å²) < 4.78 is 12.8. The molecule has 0 saturated heterocycles. The number of rotatable bonds is 4. The highest BCUT2D eigenvalue weighted by atomic mass is 19.1. The molecule has 3 N–H and O–H groups in total. The van der Waals surface area contributed by atoms with Crippen molar-refractivity contribution in [3.63, 3.8) is 0 Å². The lowest BCUT2D eigenvalue weighted by Crippen LogP contribution is -2.19. The van der Waals surface area contributed by atoms with Crippen LogP contribution in [0.3, 0.4) is 0 Å². The lowest BCUT2D eigenvalue weighted by Gasteiger charge is -2.06. The van der Waals surface area contributed by atoms with Crippen LogP contribution in [0.25, 0.3) is 10.8 Å². The second-order valence-electron chi connectivity index (χ2n) is 5.34. The van der Waals surface area contributed by atoms with Crippen molar-refractivity contribution in [3.05, 3.63) is 74.6 Å². The number of hydrogen-bond acceptors (Lipinski definition) is 3. The summed E-state index contributed by atoms with van der Waals surface area (Å²) in [5, 5.41) is 7.62. The van der Waals surface area contributed by atoms with Crippen LogP contribution in [-0.2, 0) is 11.2 Å². The zero-order valence-corrected chi connectivity index (χ0v) is 12.6. The molecule has 0 aliphatic rings. The van der Waals surface area contributed by atoms with Gasteiger partial charge in [-0.3, -0.25) is 24.6 Å². The van der Waals surface area contributed by atoms with Gasteiger partial charge in [0.2, 0.25) is 5.91 Å². The molecule has 6 nitrogen and oxygen atoms in total. The van der Waals surface area contributed by atoms with Crippen LogP contribution in [0.5, 0.6) is 0 Å². The maximum Gasteiger partial charge on any atom is 0.270 e. The lowest BCUT2D eigenvalue weighted by atomic mass is 10.1. The Morgan fingerprint density at radius 2 is 1.62 bits per heavy atom. The topological polar surface area (TPSA) is 94.8 Å². The van der Waals surface area contributed by atoms with E-state index >= 15 is 0 Å². The van der Waals surface area contributed by atoms with E-state index < -0.39 is 11.1 Å². The number of aromatic amines is 2. The maximum absolute atomic E-state index is 12.8. The first kappa shape index (κ1) is 15.7. The molecule has 0 saturated carbocycles. The SMILES string of the molecule is O=C(CCc1ccc(F)cc1)Nc1ccc2c(=O)[nH][nH]c(=O)c2c1. The Morgan fingerprint density at radius 3 is 2.33 bits per heavy atom. The Labute approximate surface area is 135 Å². The van der Waals surface area contributed by atoms with Crippen molar-refractivity contribution in [1.82, 2.24) is 10.2 Å². The van der Waals surface area contributed by atoms with Crippen LogP contribution >= 0.6 is 0 Å². The molecule has 1 amide bonds. The van der Waals surface area contributed by atoms with Crippen LogP contribution in [0.2, 0.25) is 0 Å². The Morgan fingerprint density at radius 1 is 0.958 bits per heavy atom. The van der Waals surface area contributed by atoms with Crippen molar-refractivity contribution >= 4 is 22.4 Å². The van der Waals surface area contributed by atoms with Crippen molar-refractivity contribution in [3.8, 4) is 0 Å². The summed E-state index contributed by atoms with van der Waals surface area (Å²) in [6.45, 7) is 0. The summed E-state index contributed by atoms with van der Waals surface area (Å²) in [6, 6.07) is 10.5. The largest absolute Gasteiger partial charge is 0.326 e. The summed E-state index contributed by atoms with van der Waals surface area (Å²) in [6.07, 6.45) is 0.690. The Kier molecular flexibility index (Phi) is 4.24. The highest BCUT2D eigenvalue weighted by molar-refractivity contribution is 5.94. The summed E-state index contributed by atoms with van der Waals surface area (Å²) in [4.78, 5) is 35.3. The van der Waals surface area contributed by atoms with Gasteiger partial charge in [-0.25, -0.2) is 4.39 Å². The van der Waals surface area contributed by atoms with Gasteiger partial charge in [-0.05, 0) is 42.3 Å². The van der Waals surface area contributed by atoms with Crippen molar-refractivity contribution < 1.29 is 9.18 Å². The summed E-state index contributed by atoms with van der Waals surface area (Å²) in [7, 11) is 0. The maximum atomic E-state index is 12.8. The van der Waals surface area contributed by atoms with Crippen LogP contribution in [0.4, 0.5) is 10.1 Å². The van der Waals surface area contributed by atoms with E-state index in [4.69, 9.17) is 0 Å². The molecule has 0 radical (unpaired) electrons. The molecule has 2 aromatic carbocycles. The molecule has 0 aliphatic carbocycles. The molecule has 0 aliphatic heterocycles. The van der Waals surface area contributed by atoms with Gasteiger partial charge in [-0.15, -0.1) is 0 Å². The second-order valence-corrected chi connectivity index (χ2v) is 5.34. The van der Waals surface area contributed by atoms with Gasteiger partial charge in [0.25, 0.3) is 11.1 Å². The fourth-order valence-corrected chi connectivity index (χ4v) is 2.39. The minimum absolute atomic E-state index is 0.204. The number of anilines is 1. The minimum atomic E-state index is -0.438. The van der Waals surface area contributed by atoms with Gasteiger partial charge in [-0.1, -0.05) is 12.1 Å². The first-order chi connectivity index (χ1) is 11.5. The zero-order valence-electron chi connectivity index (χ0n) is 12.6. The first-order valence-electron chi connectivity index (χ1n) is 7.32. The molecule has 0 unspecified atom stereocenters. The number of aryl methyl sites for hydroxylation is 1. The number of fused-ring (bicyclic) bond motifs is 1. The molecule has 3 rings (SSSR count). The molecule has 0 atom stereocenters. The molecule has 24 heavy (non-hydrogen) atoms. The van der Waals surface area contributed by atoms with Gasteiger partial charge < -0.3 is 5.32 Å². The van der Waals surface area contributed by atoms with Crippen molar-refractivity contribution in [2.45, 2.75) is 12.8 Å². The van der Waals surface area contributed by atoms with Gasteiger partial charge in [0.1, 0.15) is 5.82 Å². The van der Waals surface area contributed by atoms with Crippen LogP contribution in [0.1, 0.15) is 12.0 Å². The summed E-state index contributed by atoms with van der Waals surface area (Å²) >= 11 is 0. The molecule has 1 heterocycles. The van der Waals surface area contributed by atoms with Crippen molar-refractivity contribution in [2.24, 2.45) is 0 Å². The van der Waals surface area contributed by atoms with Crippen LogP contribution < -0.4 is 16.4 Å². The fraction of sp³-hybridized carbons (Fsp3) is 0.118. The van der Waals surface area contributed by atoms with Crippen LogP contribution in [0, 0.1) is 5.82 Å². The normalized spacial score (nSPS) is 10.7. The van der Waals surface area contributed by atoms with E-state index in [9.17, 15) is 18.8 Å². The first-order valence-corrected chi connectivity index (χ1v) is 7.32. The molecular formula is C17H14FN3O3. The molecule has 1 aromatic heterocycles. The standard InChI is InChI=1S/C17H14FN3O3/c18-11-4-1-10(2-5-11)3-8-15(22)19-12-6-7-13-14(9-12)17(24)21-20-16(13)23/h1-2,4-7,9H,3,8H2,(H,19,22)(H,20,23)(H,21,24). The monoisotopic (exact) mass is 327 g/mol. The Hall–Kier alpha value is -3.22. The van der Waals surface area contributed by atoms with Gasteiger partial charge in [0, 0.05) is 12.1 Å². The van der Waals surface area contributed by atoms with E-state index in [2.05, 4.69) is 15.5 Å². The van der Waals surface area contributed by atoms with E-state index in [1.54, 1.807) is 18.2 Å². The van der Waals surface area contributed by atoms with E-state index in [0.717, 1.165) is 5.56 Å². The molecule has 3 aromatic rings. The smallest absolute Gasteiger partial charge is 0.270 e. The zero-order chi connectivity index (χ0) is 17.1. The molecule has 7 heteroatoms. The number of aromatic nitrogens is 2. The third kappa shape index (κ3) is 3.40. The molecule has 0 bridgehead atoms. The Bertz CT molecular complexity index is 1010. The summed E-state index contributed by atoms with van der Waals surface area (Å²) in [5.41, 5.74) is 0.446. The van der Waals surface area contributed by atoms with Gasteiger partial charge in [-0.2, -0.15) is 0 Å². The number of benzene rings is 2. The number of H-pyrrole nitrogens is 2. The predicted molar refractivity (Wildman–Crippen MR) is 88.5 cm³/mol. The summed E-state index contributed by atoms with van der Waals surface area (Å²) in [5.74, 6) is -0.556. The average Bonchev–Trinajstić information content (AvgIpc) is 2.58. The number of hydrogen-bond donors (Lipinski definition) is 3. The van der Waals surface area contributed by atoms with Gasteiger partial charge >= 0.3 is 0 Å². The van der Waals surface area contributed by atoms with E-state index in [1.165, 1.54) is 24.3 Å². The molecule has 122 valence electrons. The average molecular weight is 327 g/mol. The minimum Gasteiger partial charge on any atom is -0.326 e. The molecule has 0 spiro atoms. The van der Waals surface area contributed by atoms with Crippen LogP contribution in [-0.4, -0.2) is 16.1 Å².